The first-order chi connectivity index (χ1) is 7.41. The first kappa shape index (κ1) is 12.8. The lowest BCUT2D eigenvalue weighted by atomic mass is 10.1. The van der Waals surface area contributed by atoms with Crippen LogP contribution in [0.5, 0.6) is 0 Å². The summed E-state index contributed by atoms with van der Waals surface area (Å²) in [5.41, 5.74) is 1.17. The van der Waals surface area contributed by atoms with Crippen molar-refractivity contribution in [2.75, 3.05) is 7.05 Å². The van der Waals surface area contributed by atoms with Crippen LogP contribution in [0.15, 0.2) is 18.2 Å². The van der Waals surface area contributed by atoms with Gasteiger partial charge in [-0.15, -0.1) is 0 Å². The number of hydrogen-bond acceptors (Lipinski definition) is 4. The highest BCUT2D eigenvalue weighted by atomic mass is 32.2. The number of nitro groups is 1. The molecule has 0 aromatic heterocycles. The highest BCUT2D eigenvalue weighted by Crippen LogP contribution is 2.21. The Balaban J connectivity index is 3.05. The fourth-order valence-corrected chi connectivity index (χ4v) is 1.56. The third-order valence-corrected chi connectivity index (χ3v) is 2.72. The summed E-state index contributed by atoms with van der Waals surface area (Å²) < 4.78 is 22.3. The zero-order valence-corrected chi connectivity index (χ0v) is 9.69. The lowest BCUT2D eigenvalue weighted by Crippen LogP contribution is -2.20. The molecule has 1 unspecified atom stereocenters. The van der Waals surface area contributed by atoms with Gasteiger partial charge in [0.2, 0.25) is 0 Å². The molecule has 0 fully saturated rings. The Morgan fingerprint density at radius 1 is 1.50 bits per heavy atom. The summed E-state index contributed by atoms with van der Waals surface area (Å²) in [5.74, 6) is 0. The standard InChI is InChI=1S/C9H12N2O4S/c1-7-3-4-9(11(12)13)8(5-7)6-10(2)16(14)15/h3-5H,6H2,1-2H3,(H,14,15)/p-1. The number of nitro benzene ring substituents is 1. The Morgan fingerprint density at radius 2 is 2.12 bits per heavy atom. The van der Waals surface area contributed by atoms with Gasteiger partial charge in [-0.05, 0) is 20.0 Å². The van der Waals surface area contributed by atoms with Crippen LogP contribution in [0.4, 0.5) is 5.69 Å². The molecule has 0 radical (unpaired) electrons. The molecule has 0 N–H and O–H groups in total. The van der Waals surface area contributed by atoms with Crippen molar-refractivity contribution in [2.45, 2.75) is 13.5 Å². The Morgan fingerprint density at radius 3 is 2.62 bits per heavy atom. The van der Waals surface area contributed by atoms with Crippen molar-refractivity contribution in [3.05, 3.63) is 39.4 Å². The molecular formula is C9H11N2O4S-. The molecule has 1 aromatic rings. The highest BCUT2D eigenvalue weighted by molar-refractivity contribution is 7.76. The molecule has 0 amide bonds. The summed E-state index contributed by atoms with van der Waals surface area (Å²) in [6.45, 7) is 1.79. The first-order valence-electron chi connectivity index (χ1n) is 4.46. The molecule has 0 heterocycles. The van der Waals surface area contributed by atoms with Crippen LogP contribution in [0.25, 0.3) is 0 Å². The van der Waals surface area contributed by atoms with E-state index < -0.39 is 16.2 Å². The number of nitrogens with zero attached hydrogens (tertiary/aromatic N) is 2. The van der Waals surface area contributed by atoms with Crippen molar-refractivity contribution in [3.63, 3.8) is 0 Å². The Kier molecular flexibility index (Phi) is 4.11. The minimum Gasteiger partial charge on any atom is -0.760 e. The van der Waals surface area contributed by atoms with E-state index in [1.54, 1.807) is 19.1 Å². The van der Waals surface area contributed by atoms with Gasteiger partial charge in [-0.25, -0.2) is 4.31 Å². The SMILES string of the molecule is Cc1ccc([N+](=O)[O-])c(CN(C)S(=O)[O-])c1. The number of rotatable bonds is 4. The predicted octanol–water partition coefficient (Wildman–Crippen LogP) is 1.13. The Bertz CT molecular complexity index is 436. The molecule has 0 saturated heterocycles. The molecule has 0 spiro atoms. The van der Waals surface area contributed by atoms with Crippen LogP contribution in [0.2, 0.25) is 0 Å². The van der Waals surface area contributed by atoms with E-state index in [0.717, 1.165) is 9.87 Å². The van der Waals surface area contributed by atoms with Gasteiger partial charge in [0.15, 0.2) is 0 Å². The van der Waals surface area contributed by atoms with Gasteiger partial charge in [0.05, 0.1) is 4.92 Å². The molecule has 88 valence electrons. The van der Waals surface area contributed by atoms with E-state index in [2.05, 4.69) is 0 Å². The van der Waals surface area contributed by atoms with Crippen LogP contribution in [0.1, 0.15) is 11.1 Å². The second-order valence-electron chi connectivity index (χ2n) is 3.39. The van der Waals surface area contributed by atoms with Crippen molar-refractivity contribution < 1.29 is 13.7 Å². The third-order valence-electron chi connectivity index (χ3n) is 2.08. The van der Waals surface area contributed by atoms with E-state index in [0.29, 0.717) is 5.56 Å². The van der Waals surface area contributed by atoms with Gasteiger partial charge in [0.25, 0.3) is 5.69 Å². The molecular weight excluding hydrogens is 232 g/mol. The van der Waals surface area contributed by atoms with E-state index in [1.807, 2.05) is 0 Å². The highest BCUT2D eigenvalue weighted by Gasteiger charge is 2.14. The molecule has 0 bridgehead atoms. The minimum atomic E-state index is -2.38. The molecule has 16 heavy (non-hydrogen) atoms. The maximum atomic E-state index is 10.7. The molecule has 0 saturated carbocycles. The van der Waals surface area contributed by atoms with E-state index in [1.165, 1.54) is 13.1 Å². The molecule has 0 aliphatic rings. The quantitative estimate of drug-likeness (QED) is 0.450. The fourth-order valence-electron chi connectivity index (χ4n) is 1.31. The lowest BCUT2D eigenvalue weighted by molar-refractivity contribution is -0.385. The van der Waals surface area contributed by atoms with Crippen LogP contribution < -0.4 is 0 Å². The zero-order chi connectivity index (χ0) is 12.3. The van der Waals surface area contributed by atoms with Crippen molar-refractivity contribution in [1.29, 1.82) is 0 Å². The van der Waals surface area contributed by atoms with Crippen molar-refractivity contribution in [1.82, 2.24) is 4.31 Å². The summed E-state index contributed by atoms with van der Waals surface area (Å²) in [7, 11) is 1.36. The van der Waals surface area contributed by atoms with Gasteiger partial charge in [0, 0.05) is 29.4 Å². The number of aryl methyl sites for hydroxylation is 1. The van der Waals surface area contributed by atoms with Gasteiger partial charge in [0.1, 0.15) is 0 Å². The average Bonchev–Trinajstić information content (AvgIpc) is 2.16. The van der Waals surface area contributed by atoms with Gasteiger partial charge >= 0.3 is 0 Å². The van der Waals surface area contributed by atoms with Crippen LogP contribution in [0, 0.1) is 17.0 Å². The first-order valence-corrected chi connectivity index (χ1v) is 5.49. The average molecular weight is 243 g/mol. The van der Waals surface area contributed by atoms with Crippen LogP contribution in [0.3, 0.4) is 0 Å². The predicted molar refractivity (Wildman–Crippen MR) is 58.2 cm³/mol. The van der Waals surface area contributed by atoms with Crippen LogP contribution >= 0.6 is 0 Å². The summed E-state index contributed by atoms with van der Waals surface area (Å²) >= 11 is -2.38. The monoisotopic (exact) mass is 243 g/mol. The van der Waals surface area contributed by atoms with Crippen molar-refractivity contribution >= 4 is 17.0 Å². The summed E-state index contributed by atoms with van der Waals surface area (Å²) in [5, 5.41) is 10.7. The number of hydrogen-bond donors (Lipinski definition) is 0. The minimum absolute atomic E-state index is 0.00585. The normalized spacial score (nSPS) is 12.8. The second-order valence-corrected chi connectivity index (χ2v) is 4.45. The van der Waals surface area contributed by atoms with Gasteiger partial charge in [-0.1, -0.05) is 11.6 Å². The Hall–Kier alpha value is -1.31. The van der Waals surface area contributed by atoms with E-state index in [4.69, 9.17) is 0 Å². The molecule has 1 aromatic carbocycles. The Labute approximate surface area is 95.5 Å². The maximum Gasteiger partial charge on any atom is 0.273 e. The van der Waals surface area contributed by atoms with E-state index in [-0.39, 0.29) is 12.2 Å². The van der Waals surface area contributed by atoms with E-state index >= 15 is 0 Å². The summed E-state index contributed by atoms with van der Waals surface area (Å²) in [4.78, 5) is 10.2. The lowest BCUT2D eigenvalue weighted by Gasteiger charge is -2.18. The smallest absolute Gasteiger partial charge is 0.273 e. The molecule has 7 heteroatoms. The zero-order valence-electron chi connectivity index (χ0n) is 8.87. The maximum absolute atomic E-state index is 10.7. The molecule has 6 nitrogen and oxygen atoms in total. The summed E-state index contributed by atoms with van der Waals surface area (Å²) in [6, 6.07) is 4.61. The van der Waals surface area contributed by atoms with E-state index in [9.17, 15) is 18.9 Å². The van der Waals surface area contributed by atoms with Gasteiger partial charge < -0.3 is 4.55 Å². The molecule has 0 aliphatic heterocycles. The fraction of sp³-hybridized carbons (Fsp3) is 0.333. The summed E-state index contributed by atoms with van der Waals surface area (Å²) in [6.07, 6.45) is 0. The van der Waals surface area contributed by atoms with Crippen molar-refractivity contribution in [3.8, 4) is 0 Å². The van der Waals surface area contributed by atoms with Crippen LogP contribution in [-0.4, -0.2) is 25.0 Å². The molecule has 1 atom stereocenters. The molecule has 0 aliphatic carbocycles. The number of benzene rings is 1. The van der Waals surface area contributed by atoms with Crippen LogP contribution in [-0.2, 0) is 17.8 Å². The van der Waals surface area contributed by atoms with Crippen molar-refractivity contribution in [2.24, 2.45) is 0 Å². The topological polar surface area (TPSA) is 86.5 Å². The molecule has 1 rings (SSSR count). The largest absolute Gasteiger partial charge is 0.760 e. The third kappa shape index (κ3) is 3.09. The van der Waals surface area contributed by atoms with Gasteiger partial charge in [-0.3, -0.25) is 14.3 Å². The van der Waals surface area contributed by atoms with Gasteiger partial charge in [-0.2, -0.15) is 0 Å². The second kappa shape index (κ2) is 5.15.